The molecule has 0 atom stereocenters. The standard InChI is InChI=1S/C14H19NO5/c1-5-10-12(8(3)16)11(7-20-9(4)17)15-13(10)14(18)19-6-2/h15H,5-7H2,1-4H3. The van der Waals surface area contributed by atoms with Crippen molar-refractivity contribution in [2.45, 2.75) is 40.7 Å². The van der Waals surface area contributed by atoms with Crippen molar-refractivity contribution in [2.24, 2.45) is 0 Å². The van der Waals surface area contributed by atoms with E-state index in [4.69, 9.17) is 9.47 Å². The Bertz CT molecular complexity index is 530. The molecule has 0 aromatic carbocycles. The summed E-state index contributed by atoms with van der Waals surface area (Å²) in [4.78, 5) is 37.4. The summed E-state index contributed by atoms with van der Waals surface area (Å²) in [5.74, 6) is -1.15. The van der Waals surface area contributed by atoms with Gasteiger partial charge in [-0.3, -0.25) is 9.59 Å². The van der Waals surface area contributed by atoms with Crippen LogP contribution in [0.5, 0.6) is 0 Å². The van der Waals surface area contributed by atoms with Crippen LogP contribution in [0.25, 0.3) is 0 Å². The lowest BCUT2D eigenvalue weighted by molar-refractivity contribution is -0.142. The molecule has 0 aliphatic heterocycles. The molecule has 0 bridgehead atoms. The van der Waals surface area contributed by atoms with Crippen LogP contribution < -0.4 is 0 Å². The lowest BCUT2D eigenvalue weighted by Crippen LogP contribution is -2.08. The van der Waals surface area contributed by atoms with Crippen LogP contribution in [0.3, 0.4) is 0 Å². The monoisotopic (exact) mass is 281 g/mol. The quantitative estimate of drug-likeness (QED) is 0.637. The Hall–Kier alpha value is -2.11. The van der Waals surface area contributed by atoms with E-state index in [2.05, 4.69) is 4.98 Å². The van der Waals surface area contributed by atoms with E-state index in [0.29, 0.717) is 23.2 Å². The fourth-order valence-electron chi connectivity index (χ4n) is 2.03. The minimum atomic E-state index is -0.513. The molecule has 1 N–H and O–H groups in total. The molecule has 0 aliphatic rings. The number of rotatable bonds is 6. The molecule has 0 fully saturated rings. The number of aromatic amines is 1. The van der Waals surface area contributed by atoms with Gasteiger partial charge in [0, 0.05) is 12.5 Å². The topological polar surface area (TPSA) is 85.5 Å². The van der Waals surface area contributed by atoms with Crippen LogP contribution in [0.4, 0.5) is 0 Å². The Morgan fingerprint density at radius 3 is 2.20 bits per heavy atom. The fourth-order valence-corrected chi connectivity index (χ4v) is 2.03. The summed E-state index contributed by atoms with van der Waals surface area (Å²) in [6.07, 6.45) is 0.500. The molecule has 0 saturated carbocycles. The van der Waals surface area contributed by atoms with E-state index < -0.39 is 11.9 Å². The van der Waals surface area contributed by atoms with E-state index >= 15 is 0 Å². The normalized spacial score (nSPS) is 10.2. The number of aromatic nitrogens is 1. The highest BCUT2D eigenvalue weighted by molar-refractivity contribution is 6.01. The van der Waals surface area contributed by atoms with Crippen LogP contribution >= 0.6 is 0 Å². The van der Waals surface area contributed by atoms with Gasteiger partial charge in [0.25, 0.3) is 0 Å². The number of carbonyl (C=O) groups is 3. The predicted molar refractivity (Wildman–Crippen MR) is 71.6 cm³/mol. The Kier molecular flexibility index (Phi) is 5.49. The molecule has 1 heterocycles. The third-order valence-electron chi connectivity index (χ3n) is 2.79. The Morgan fingerprint density at radius 1 is 1.10 bits per heavy atom. The third kappa shape index (κ3) is 3.46. The van der Waals surface area contributed by atoms with E-state index in [0.717, 1.165) is 0 Å². The van der Waals surface area contributed by atoms with Gasteiger partial charge in [0.2, 0.25) is 0 Å². The van der Waals surface area contributed by atoms with Crippen molar-refractivity contribution in [2.75, 3.05) is 6.61 Å². The SMILES string of the molecule is CCOC(=O)c1[nH]c(COC(C)=O)c(C(C)=O)c1CC. The van der Waals surface area contributed by atoms with Gasteiger partial charge in [0.1, 0.15) is 12.3 Å². The summed E-state index contributed by atoms with van der Waals surface area (Å²) in [6, 6.07) is 0. The summed E-state index contributed by atoms with van der Waals surface area (Å²) in [5, 5.41) is 0. The highest BCUT2D eigenvalue weighted by atomic mass is 16.5. The van der Waals surface area contributed by atoms with E-state index in [1.54, 1.807) is 6.92 Å². The average molecular weight is 281 g/mol. The number of ketones is 1. The summed E-state index contributed by atoms with van der Waals surface area (Å²) < 4.78 is 9.85. The molecule has 0 amide bonds. The van der Waals surface area contributed by atoms with Crippen molar-refractivity contribution in [1.82, 2.24) is 4.98 Å². The van der Waals surface area contributed by atoms with Gasteiger partial charge in [0.15, 0.2) is 5.78 Å². The van der Waals surface area contributed by atoms with Crippen LogP contribution in [-0.2, 0) is 27.3 Å². The molecule has 110 valence electrons. The lowest BCUT2D eigenvalue weighted by Gasteiger charge is -2.03. The number of nitrogens with one attached hydrogen (secondary N) is 1. The number of esters is 2. The Balaban J connectivity index is 3.25. The van der Waals surface area contributed by atoms with Crippen molar-refractivity contribution < 1.29 is 23.9 Å². The number of Topliss-reactive ketones (excluding diaryl/α,β-unsaturated/α-hetero) is 1. The summed E-state index contributed by atoms with van der Waals surface area (Å²) in [6.45, 7) is 6.41. The Morgan fingerprint density at radius 2 is 1.75 bits per heavy atom. The first-order valence-electron chi connectivity index (χ1n) is 6.47. The van der Waals surface area contributed by atoms with Crippen LogP contribution in [0.15, 0.2) is 0 Å². The van der Waals surface area contributed by atoms with Gasteiger partial charge in [-0.1, -0.05) is 6.92 Å². The second-order valence-electron chi connectivity index (χ2n) is 4.24. The summed E-state index contributed by atoms with van der Waals surface area (Å²) >= 11 is 0. The molecule has 0 unspecified atom stereocenters. The zero-order valence-corrected chi connectivity index (χ0v) is 12.2. The van der Waals surface area contributed by atoms with Crippen molar-refractivity contribution in [3.05, 3.63) is 22.5 Å². The fraction of sp³-hybridized carbons (Fsp3) is 0.500. The molecule has 6 heteroatoms. The van der Waals surface area contributed by atoms with Crippen LogP contribution in [0.2, 0.25) is 0 Å². The smallest absolute Gasteiger partial charge is 0.355 e. The molecule has 1 aromatic heterocycles. The van der Waals surface area contributed by atoms with Gasteiger partial charge in [-0.05, 0) is 25.8 Å². The molecule has 0 aliphatic carbocycles. The molecular weight excluding hydrogens is 262 g/mol. The third-order valence-corrected chi connectivity index (χ3v) is 2.79. The molecular formula is C14H19NO5. The largest absolute Gasteiger partial charge is 0.461 e. The van der Waals surface area contributed by atoms with Gasteiger partial charge in [-0.2, -0.15) is 0 Å². The van der Waals surface area contributed by atoms with Gasteiger partial charge in [0.05, 0.1) is 12.3 Å². The minimum absolute atomic E-state index is 0.0728. The number of hydrogen-bond acceptors (Lipinski definition) is 5. The van der Waals surface area contributed by atoms with Crippen molar-refractivity contribution >= 4 is 17.7 Å². The maximum atomic E-state index is 11.9. The molecule has 0 saturated heterocycles. The molecule has 1 aromatic rings. The predicted octanol–water partition coefficient (Wildman–Crippen LogP) is 2.02. The molecule has 1 rings (SSSR count). The lowest BCUT2D eigenvalue weighted by atomic mass is 10.0. The number of H-pyrrole nitrogens is 1. The highest BCUT2D eigenvalue weighted by Crippen LogP contribution is 2.22. The maximum Gasteiger partial charge on any atom is 0.355 e. The number of hydrogen-bond donors (Lipinski definition) is 1. The minimum Gasteiger partial charge on any atom is -0.461 e. The first-order chi connectivity index (χ1) is 9.42. The molecule has 0 spiro atoms. The van der Waals surface area contributed by atoms with E-state index in [1.807, 2.05) is 6.92 Å². The van der Waals surface area contributed by atoms with Crippen LogP contribution in [-0.4, -0.2) is 29.3 Å². The first kappa shape index (κ1) is 15.9. The zero-order valence-electron chi connectivity index (χ0n) is 12.2. The van der Waals surface area contributed by atoms with Gasteiger partial charge in [-0.15, -0.1) is 0 Å². The van der Waals surface area contributed by atoms with Crippen molar-refractivity contribution in [1.29, 1.82) is 0 Å². The van der Waals surface area contributed by atoms with Gasteiger partial charge < -0.3 is 14.5 Å². The zero-order chi connectivity index (χ0) is 15.3. The molecule has 0 radical (unpaired) electrons. The van der Waals surface area contributed by atoms with E-state index in [-0.39, 0.29) is 24.7 Å². The van der Waals surface area contributed by atoms with Crippen LogP contribution in [0.1, 0.15) is 59.8 Å². The molecule has 20 heavy (non-hydrogen) atoms. The summed E-state index contributed by atoms with van der Waals surface area (Å²) in [7, 11) is 0. The van der Waals surface area contributed by atoms with Crippen LogP contribution in [0, 0.1) is 0 Å². The van der Waals surface area contributed by atoms with Crippen molar-refractivity contribution in [3.63, 3.8) is 0 Å². The molecule has 6 nitrogen and oxygen atoms in total. The first-order valence-corrected chi connectivity index (χ1v) is 6.47. The highest BCUT2D eigenvalue weighted by Gasteiger charge is 2.24. The number of carbonyl (C=O) groups excluding carboxylic acids is 3. The van der Waals surface area contributed by atoms with Gasteiger partial charge >= 0.3 is 11.9 Å². The van der Waals surface area contributed by atoms with Gasteiger partial charge in [-0.25, -0.2) is 4.79 Å². The maximum absolute atomic E-state index is 11.9. The Labute approximate surface area is 117 Å². The van der Waals surface area contributed by atoms with E-state index in [1.165, 1.54) is 13.8 Å². The number of ether oxygens (including phenoxy) is 2. The second-order valence-corrected chi connectivity index (χ2v) is 4.24. The summed E-state index contributed by atoms with van der Waals surface area (Å²) in [5.41, 5.74) is 1.67. The van der Waals surface area contributed by atoms with Crippen molar-refractivity contribution in [3.8, 4) is 0 Å². The van der Waals surface area contributed by atoms with E-state index in [9.17, 15) is 14.4 Å². The average Bonchev–Trinajstić information content (AvgIpc) is 2.75. The second kappa shape index (κ2) is 6.88.